The average molecular weight is 203 g/mol. The lowest BCUT2D eigenvalue weighted by Gasteiger charge is -2.36. The molecule has 0 radical (unpaired) electrons. The number of likely N-dealkylation sites (tertiary alicyclic amines) is 1. The van der Waals surface area contributed by atoms with Crippen LogP contribution >= 0.6 is 12.6 Å². The quantitative estimate of drug-likeness (QED) is 0.648. The minimum absolute atomic E-state index is 0.0267. The van der Waals surface area contributed by atoms with Crippen molar-refractivity contribution in [2.45, 2.75) is 38.3 Å². The zero-order valence-corrected chi connectivity index (χ0v) is 8.83. The molecule has 0 spiro atoms. The third kappa shape index (κ3) is 2.61. The summed E-state index contributed by atoms with van der Waals surface area (Å²) >= 11 is 4.02. The third-order valence-corrected chi connectivity index (χ3v) is 2.82. The Morgan fingerprint density at radius 1 is 1.69 bits per heavy atom. The molecule has 0 aromatic heterocycles. The van der Waals surface area contributed by atoms with Gasteiger partial charge in [-0.2, -0.15) is 12.6 Å². The normalized spacial score (nSPS) is 29.0. The molecule has 0 aliphatic carbocycles. The lowest BCUT2D eigenvalue weighted by atomic mass is 10.00. The molecule has 2 unspecified atom stereocenters. The SMILES string of the molecule is CC1C(O)CCCN1C(=O)CCS. The molecule has 1 aliphatic heterocycles. The maximum atomic E-state index is 11.5. The lowest BCUT2D eigenvalue weighted by molar-refractivity contribution is -0.137. The molecule has 0 saturated carbocycles. The van der Waals surface area contributed by atoms with Crippen LogP contribution in [0.4, 0.5) is 0 Å². The monoisotopic (exact) mass is 203 g/mol. The first-order valence-electron chi connectivity index (χ1n) is 4.75. The lowest BCUT2D eigenvalue weighted by Crippen LogP contribution is -2.49. The summed E-state index contributed by atoms with van der Waals surface area (Å²) in [5, 5.41) is 9.55. The van der Waals surface area contributed by atoms with Crippen molar-refractivity contribution in [3.63, 3.8) is 0 Å². The Kier molecular flexibility index (Phi) is 4.06. The van der Waals surface area contributed by atoms with Crippen molar-refractivity contribution >= 4 is 18.5 Å². The molecule has 1 saturated heterocycles. The Morgan fingerprint density at radius 3 is 3.00 bits per heavy atom. The first kappa shape index (κ1) is 10.9. The maximum absolute atomic E-state index is 11.5. The molecular weight excluding hydrogens is 186 g/mol. The van der Waals surface area contributed by atoms with Crippen LogP contribution in [0.15, 0.2) is 0 Å². The second kappa shape index (κ2) is 4.86. The van der Waals surface area contributed by atoms with E-state index in [2.05, 4.69) is 12.6 Å². The van der Waals surface area contributed by atoms with E-state index in [4.69, 9.17) is 0 Å². The average Bonchev–Trinajstić information content (AvgIpc) is 2.10. The van der Waals surface area contributed by atoms with Gasteiger partial charge in [-0.25, -0.2) is 0 Å². The van der Waals surface area contributed by atoms with Crippen LogP contribution in [0.1, 0.15) is 26.2 Å². The Labute approximate surface area is 84.5 Å². The predicted octanol–water partition coefficient (Wildman–Crippen LogP) is 0.678. The van der Waals surface area contributed by atoms with Gasteiger partial charge in [-0.15, -0.1) is 0 Å². The molecule has 1 fully saturated rings. The molecule has 3 nitrogen and oxygen atoms in total. The topological polar surface area (TPSA) is 40.5 Å². The number of carbonyl (C=O) groups is 1. The second-order valence-electron chi connectivity index (χ2n) is 3.51. The molecule has 4 heteroatoms. The number of carbonyl (C=O) groups excluding carboxylic acids is 1. The molecule has 1 heterocycles. The summed E-state index contributed by atoms with van der Waals surface area (Å²) in [5.41, 5.74) is 0. The van der Waals surface area contributed by atoms with Crippen molar-refractivity contribution in [3.8, 4) is 0 Å². The first-order chi connectivity index (χ1) is 6.16. The van der Waals surface area contributed by atoms with E-state index in [1.165, 1.54) is 0 Å². The first-order valence-corrected chi connectivity index (χ1v) is 5.38. The molecule has 1 rings (SSSR count). The number of nitrogens with zero attached hydrogens (tertiary/aromatic N) is 1. The summed E-state index contributed by atoms with van der Waals surface area (Å²) in [5.74, 6) is 0.694. The summed E-state index contributed by atoms with van der Waals surface area (Å²) in [4.78, 5) is 13.3. The predicted molar refractivity (Wildman–Crippen MR) is 54.9 cm³/mol. The van der Waals surface area contributed by atoms with Gasteiger partial charge in [-0.05, 0) is 25.5 Å². The van der Waals surface area contributed by atoms with Crippen molar-refractivity contribution < 1.29 is 9.90 Å². The zero-order chi connectivity index (χ0) is 9.84. The van der Waals surface area contributed by atoms with E-state index in [-0.39, 0.29) is 18.1 Å². The van der Waals surface area contributed by atoms with Crippen molar-refractivity contribution in [2.24, 2.45) is 0 Å². The van der Waals surface area contributed by atoms with E-state index in [1.807, 2.05) is 6.92 Å². The van der Waals surface area contributed by atoms with Gasteiger partial charge in [0.25, 0.3) is 0 Å². The standard InChI is InChI=1S/C9H17NO2S/c1-7-8(11)3-2-5-10(7)9(12)4-6-13/h7-8,11,13H,2-6H2,1H3. The molecule has 0 aromatic carbocycles. The van der Waals surface area contributed by atoms with Crippen LogP contribution in [-0.4, -0.2) is 40.4 Å². The van der Waals surface area contributed by atoms with Gasteiger partial charge >= 0.3 is 0 Å². The van der Waals surface area contributed by atoms with Crippen molar-refractivity contribution in [2.75, 3.05) is 12.3 Å². The number of thiol groups is 1. The van der Waals surface area contributed by atoms with Crippen LogP contribution in [0, 0.1) is 0 Å². The van der Waals surface area contributed by atoms with E-state index in [9.17, 15) is 9.90 Å². The number of hydrogen-bond donors (Lipinski definition) is 2. The van der Waals surface area contributed by atoms with E-state index in [1.54, 1.807) is 4.90 Å². The highest BCUT2D eigenvalue weighted by Gasteiger charge is 2.28. The van der Waals surface area contributed by atoms with E-state index >= 15 is 0 Å². The molecule has 13 heavy (non-hydrogen) atoms. The van der Waals surface area contributed by atoms with E-state index in [0.717, 1.165) is 19.4 Å². The summed E-state index contributed by atoms with van der Waals surface area (Å²) in [7, 11) is 0. The highest BCUT2D eigenvalue weighted by atomic mass is 32.1. The molecular formula is C9H17NO2S. The van der Waals surface area contributed by atoms with Crippen LogP contribution in [0.5, 0.6) is 0 Å². The fourth-order valence-electron chi connectivity index (χ4n) is 1.71. The van der Waals surface area contributed by atoms with E-state index < -0.39 is 0 Å². The minimum Gasteiger partial charge on any atom is -0.391 e. The second-order valence-corrected chi connectivity index (χ2v) is 3.96. The number of amides is 1. The maximum Gasteiger partial charge on any atom is 0.223 e. The number of hydrogen-bond acceptors (Lipinski definition) is 3. The van der Waals surface area contributed by atoms with Gasteiger partial charge in [0.15, 0.2) is 0 Å². The summed E-state index contributed by atoms with van der Waals surface area (Å²) in [6, 6.07) is -0.0267. The van der Waals surface area contributed by atoms with Gasteiger partial charge < -0.3 is 10.0 Å². The van der Waals surface area contributed by atoms with Crippen LogP contribution in [0.2, 0.25) is 0 Å². The van der Waals surface area contributed by atoms with Gasteiger partial charge in [-0.1, -0.05) is 0 Å². The van der Waals surface area contributed by atoms with Crippen LogP contribution in [0.3, 0.4) is 0 Å². The molecule has 1 N–H and O–H groups in total. The number of piperidine rings is 1. The third-order valence-electron chi connectivity index (χ3n) is 2.59. The highest BCUT2D eigenvalue weighted by Crippen LogP contribution is 2.18. The smallest absolute Gasteiger partial charge is 0.223 e. The van der Waals surface area contributed by atoms with Gasteiger partial charge in [0, 0.05) is 13.0 Å². The minimum atomic E-state index is -0.349. The Hall–Kier alpha value is -0.220. The van der Waals surface area contributed by atoms with Crippen LogP contribution in [0.25, 0.3) is 0 Å². The van der Waals surface area contributed by atoms with Gasteiger partial charge in [0.1, 0.15) is 0 Å². The summed E-state index contributed by atoms with van der Waals surface area (Å²) < 4.78 is 0. The Morgan fingerprint density at radius 2 is 2.38 bits per heavy atom. The number of aliphatic hydroxyl groups excluding tert-OH is 1. The summed E-state index contributed by atoms with van der Waals surface area (Å²) in [6.45, 7) is 2.69. The fraction of sp³-hybridized carbons (Fsp3) is 0.889. The zero-order valence-electron chi connectivity index (χ0n) is 7.94. The number of aliphatic hydroxyl groups is 1. The van der Waals surface area contributed by atoms with Gasteiger partial charge in [0.05, 0.1) is 12.1 Å². The molecule has 76 valence electrons. The van der Waals surface area contributed by atoms with Crippen molar-refractivity contribution in [3.05, 3.63) is 0 Å². The highest BCUT2D eigenvalue weighted by molar-refractivity contribution is 7.80. The van der Waals surface area contributed by atoms with Crippen molar-refractivity contribution in [1.82, 2.24) is 4.90 Å². The van der Waals surface area contributed by atoms with Gasteiger partial charge in [-0.3, -0.25) is 4.79 Å². The van der Waals surface area contributed by atoms with Crippen LogP contribution in [-0.2, 0) is 4.79 Å². The molecule has 0 bridgehead atoms. The van der Waals surface area contributed by atoms with E-state index in [0.29, 0.717) is 12.2 Å². The Bertz CT molecular complexity index is 186. The Balaban J connectivity index is 2.52. The van der Waals surface area contributed by atoms with Gasteiger partial charge in [0.2, 0.25) is 5.91 Å². The molecule has 1 amide bonds. The fourth-order valence-corrected chi connectivity index (χ4v) is 1.91. The summed E-state index contributed by atoms with van der Waals surface area (Å²) in [6.07, 6.45) is 1.84. The van der Waals surface area contributed by atoms with Crippen LogP contribution < -0.4 is 0 Å². The van der Waals surface area contributed by atoms with Crippen molar-refractivity contribution in [1.29, 1.82) is 0 Å². The largest absolute Gasteiger partial charge is 0.391 e. The number of rotatable bonds is 2. The molecule has 0 aromatic rings. The molecule has 2 atom stereocenters. The molecule has 1 aliphatic rings.